The van der Waals surface area contributed by atoms with Gasteiger partial charge in [-0.25, -0.2) is 4.79 Å². The zero-order valence-corrected chi connectivity index (χ0v) is 12.2. The number of methoxy groups -OCH3 is 3. The minimum atomic E-state index is -1.41. The maximum absolute atomic E-state index is 11.4. The average Bonchev–Trinajstić information content (AvgIpc) is 2.36. The molecular weight excluding hydrogens is 304 g/mol. The summed E-state index contributed by atoms with van der Waals surface area (Å²) in [5, 5.41) is 9.97. The van der Waals surface area contributed by atoms with Crippen molar-refractivity contribution in [1.29, 1.82) is 0 Å². The lowest BCUT2D eigenvalue weighted by Gasteiger charge is -2.19. The van der Waals surface area contributed by atoms with Crippen molar-refractivity contribution in [2.24, 2.45) is 0 Å². The van der Waals surface area contributed by atoms with E-state index in [0.29, 0.717) is 27.1 Å². The fourth-order valence-electron chi connectivity index (χ4n) is 1.71. The third kappa shape index (κ3) is 2.59. The minimum Gasteiger partial charge on any atom is -0.492 e. The predicted octanol–water partition coefficient (Wildman–Crippen LogP) is 1.98. The summed E-state index contributed by atoms with van der Waals surface area (Å²) >= 11 is 3.33. The molecule has 0 spiro atoms. The molecule has 1 aromatic rings. The molecule has 6 heteroatoms. The molecule has 0 aliphatic heterocycles. The number of carbonyl (C=O) groups excluding carboxylic acids is 1. The number of halogens is 1. The summed E-state index contributed by atoms with van der Waals surface area (Å²) in [5.41, 5.74) is 1.03. The van der Waals surface area contributed by atoms with Gasteiger partial charge in [-0.3, -0.25) is 0 Å². The van der Waals surface area contributed by atoms with E-state index in [1.165, 1.54) is 21.3 Å². The number of carbonyl (C=O) groups is 1. The van der Waals surface area contributed by atoms with E-state index in [9.17, 15) is 9.90 Å². The molecule has 0 saturated heterocycles. The number of esters is 1. The van der Waals surface area contributed by atoms with Gasteiger partial charge < -0.3 is 19.3 Å². The Morgan fingerprint density at radius 1 is 1.28 bits per heavy atom. The second-order valence-corrected chi connectivity index (χ2v) is 4.44. The Hall–Kier alpha value is -1.27. The first-order valence-corrected chi connectivity index (χ1v) is 5.94. The van der Waals surface area contributed by atoms with E-state index in [4.69, 9.17) is 9.47 Å². The van der Waals surface area contributed by atoms with E-state index in [0.717, 1.165) is 0 Å². The van der Waals surface area contributed by atoms with Crippen molar-refractivity contribution in [1.82, 2.24) is 0 Å². The lowest BCUT2D eigenvalue weighted by Crippen LogP contribution is -2.16. The monoisotopic (exact) mass is 318 g/mol. The molecule has 100 valence electrons. The number of hydrogen-bond donors (Lipinski definition) is 1. The van der Waals surface area contributed by atoms with Crippen molar-refractivity contribution in [3.05, 3.63) is 21.7 Å². The van der Waals surface area contributed by atoms with Crippen LogP contribution in [0.4, 0.5) is 0 Å². The second-order valence-electron chi connectivity index (χ2n) is 3.58. The van der Waals surface area contributed by atoms with Gasteiger partial charge in [0.05, 0.1) is 25.8 Å². The average molecular weight is 319 g/mol. The summed E-state index contributed by atoms with van der Waals surface area (Å²) in [6.45, 7) is 1.76. The van der Waals surface area contributed by atoms with E-state index in [-0.39, 0.29) is 0 Å². The summed E-state index contributed by atoms with van der Waals surface area (Å²) in [6, 6.07) is 1.74. The van der Waals surface area contributed by atoms with Crippen LogP contribution in [0.25, 0.3) is 0 Å². The van der Waals surface area contributed by atoms with Crippen LogP contribution in [-0.4, -0.2) is 32.4 Å². The number of ether oxygens (including phenoxy) is 3. The first-order valence-electron chi connectivity index (χ1n) is 5.14. The Bertz CT molecular complexity index is 458. The summed E-state index contributed by atoms with van der Waals surface area (Å²) in [6.07, 6.45) is -1.41. The topological polar surface area (TPSA) is 65.0 Å². The maximum atomic E-state index is 11.4. The molecule has 1 rings (SSSR count). The van der Waals surface area contributed by atoms with Crippen LogP contribution >= 0.6 is 15.9 Å². The largest absolute Gasteiger partial charge is 0.492 e. The van der Waals surface area contributed by atoms with Crippen LogP contribution in [0.15, 0.2) is 10.5 Å². The second kappa shape index (κ2) is 6.06. The van der Waals surface area contributed by atoms with E-state index in [1.54, 1.807) is 13.0 Å². The first kappa shape index (κ1) is 14.8. The molecule has 18 heavy (non-hydrogen) atoms. The van der Waals surface area contributed by atoms with Crippen LogP contribution in [0.2, 0.25) is 0 Å². The molecule has 0 aliphatic carbocycles. The first-order chi connectivity index (χ1) is 8.47. The highest BCUT2D eigenvalue weighted by molar-refractivity contribution is 9.10. The maximum Gasteiger partial charge on any atom is 0.339 e. The molecule has 5 nitrogen and oxygen atoms in total. The van der Waals surface area contributed by atoms with Crippen molar-refractivity contribution in [3.63, 3.8) is 0 Å². The molecule has 1 aromatic carbocycles. The Kier molecular flexibility index (Phi) is 4.98. The highest BCUT2D eigenvalue weighted by atomic mass is 79.9. The highest BCUT2D eigenvalue weighted by Gasteiger charge is 2.27. The van der Waals surface area contributed by atoms with Crippen LogP contribution in [0.5, 0.6) is 11.5 Å². The van der Waals surface area contributed by atoms with Crippen LogP contribution in [-0.2, 0) is 9.53 Å². The van der Waals surface area contributed by atoms with Crippen molar-refractivity contribution in [2.45, 2.75) is 13.0 Å². The van der Waals surface area contributed by atoms with Gasteiger partial charge in [-0.2, -0.15) is 0 Å². The number of aliphatic hydroxyl groups excluding tert-OH is 1. The molecule has 0 heterocycles. The van der Waals surface area contributed by atoms with Gasteiger partial charge in [0.1, 0.15) is 0 Å². The third-order valence-electron chi connectivity index (χ3n) is 2.54. The van der Waals surface area contributed by atoms with Crippen molar-refractivity contribution >= 4 is 21.9 Å². The normalized spacial score (nSPS) is 11.9. The Morgan fingerprint density at radius 3 is 2.28 bits per heavy atom. The Morgan fingerprint density at radius 2 is 1.83 bits per heavy atom. The van der Waals surface area contributed by atoms with Crippen LogP contribution in [0.3, 0.4) is 0 Å². The summed E-state index contributed by atoms with van der Waals surface area (Å²) in [4.78, 5) is 11.4. The molecule has 0 fully saturated rings. The quantitative estimate of drug-likeness (QED) is 0.860. The van der Waals surface area contributed by atoms with Crippen LogP contribution in [0, 0.1) is 6.92 Å². The predicted molar refractivity (Wildman–Crippen MR) is 69.0 cm³/mol. The van der Waals surface area contributed by atoms with Gasteiger partial charge in [0.2, 0.25) is 0 Å². The molecule has 1 N–H and O–H groups in total. The summed E-state index contributed by atoms with van der Waals surface area (Å²) < 4.78 is 15.6. The van der Waals surface area contributed by atoms with Gasteiger partial charge >= 0.3 is 5.97 Å². The van der Waals surface area contributed by atoms with Crippen LogP contribution < -0.4 is 9.47 Å². The number of rotatable bonds is 4. The smallest absolute Gasteiger partial charge is 0.339 e. The van der Waals surface area contributed by atoms with E-state index in [2.05, 4.69) is 20.7 Å². The van der Waals surface area contributed by atoms with E-state index in [1.807, 2.05) is 0 Å². The van der Waals surface area contributed by atoms with Gasteiger partial charge in [0, 0.05) is 5.56 Å². The molecule has 0 bridgehead atoms. The molecule has 0 amide bonds. The number of benzene rings is 1. The fraction of sp³-hybridized carbons (Fsp3) is 0.417. The highest BCUT2D eigenvalue weighted by Crippen LogP contribution is 2.42. The number of aliphatic hydroxyl groups is 1. The lowest BCUT2D eigenvalue weighted by atomic mass is 10.0. The van der Waals surface area contributed by atoms with Gasteiger partial charge in [0.15, 0.2) is 17.6 Å². The molecule has 0 aromatic heterocycles. The standard InChI is InChI=1S/C12H15BrO5/c1-6-5-7(13)10(16-2)11(17-3)8(6)9(14)12(15)18-4/h5,9,14H,1-4H3. The third-order valence-corrected chi connectivity index (χ3v) is 3.13. The molecule has 1 atom stereocenters. The number of aryl methyl sites for hydroxylation is 1. The zero-order valence-electron chi connectivity index (χ0n) is 10.6. The lowest BCUT2D eigenvalue weighted by molar-refractivity contribution is -0.150. The SMILES string of the molecule is COC(=O)C(O)c1c(C)cc(Br)c(OC)c1OC. The molecule has 0 saturated carbocycles. The zero-order chi connectivity index (χ0) is 13.9. The van der Waals surface area contributed by atoms with Gasteiger partial charge in [-0.15, -0.1) is 0 Å². The van der Waals surface area contributed by atoms with Crippen molar-refractivity contribution < 1.29 is 24.1 Å². The van der Waals surface area contributed by atoms with Gasteiger partial charge in [-0.1, -0.05) is 0 Å². The minimum absolute atomic E-state index is 0.308. The molecule has 1 unspecified atom stereocenters. The van der Waals surface area contributed by atoms with Gasteiger partial charge in [0.25, 0.3) is 0 Å². The number of hydrogen-bond acceptors (Lipinski definition) is 5. The van der Waals surface area contributed by atoms with E-state index < -0.39 is 12.1 Å². The summed E-state index contributed by atoms with van der Waals surface area (Å²) in [5.74, 6) is -0.0240. The van der Waals surface area contributed by atoms with Crippen molar-refractivity contribution in [3.8, 4) is 11.5 Å². The van der Waals surface area contributed by atoms with Crippen LogP contribution in [0.1, 0.15) is 17.2 Å². The molecule has 0 aliphatic rings. The Labute approximate surface area is 114 Å². The van der Waals surface area contributed by atoms with Crippen molar-refractivity contribution in [2.75, 3.05) is 21.3 Å². The molecular formula is C12H15BrO5. The fourth-order valence-corrected chi connectivity index (χ4v) is 2.39. The van der Waals surface area contributed by atoms with E-state index >= 15 is 0 Å². The summed E-state index contributed by atoms with van der Waals surface area (Å²) in [7, 11) is 4.13. The molecule has 0 radical (unpaired) electrons. The van der Waals surface area contributed by atoms with Gasteiger partial charge in [-0.05, 0) is 34.5 Å². The Balaban J connectivity index is 3.46.